The van der Waals surface area contributed by atoms with Crippen LogP contribution in [0.2, 0.25) is 0 Å². The molecule has 1 unspecified atom stereocenters. The topological polar surface area (TPSA) is 39.4 Å². The number of benzene rings is 1. The second-order valence-corrected chi connectivity index (χ2v) is 5.58. The summed E-state index contributed by atoms with van der Waals surface area (Å²) in [7, 11) is 1.61. The second kappa shape index (κ2) is 5.97. The number of hydrogen-bond donors (Lipinski definition) is 0. The molecule has 0 saturated carbocycles. The molecule has 1 heterocycles. The first-order valence-corrected chi connectivity index (χ1v) is 6.89. The Balaban J connectivity index is 2.08. The minimum atomic E-state index is -0.148. The molecule has 0 bridgehead atoms. The maximum Gasteiger partial charge on any atom is 0.175 e. The number of thioether (sulfide) groups is 1. The van der Waals surface area contributed by atoms with Crippen LogP contribution in [-0.2, 0) is 0 Å². The molecule has 19 heavy (non-hydrogen) atoms. The SMILES string of the molecule is COc1ccc(C(=O)C(C)Sc2ccoc2C)cc1. The zero-order valence-electron chi connectivity index (χ0n) is 11.2. The lowest BCUT2D eigenvalue weighted by molar-refractivity contribution is 0.0994. The van der Waals surface area contributed by atoms with Gasteiger partial charge in [0, 0.05) is 10.5 Å². The normalized spacial score (nSPS) is 12.2. The first kappa shape index (κ1) is 13.7. The zero-order chi connectivity index (χ0) is 13.8. The third kappa shape index (κ3) is 3.20. The van der Waals surface area contributed by atoms with Crippen molar-refractivity contribution in [3.05, 3.63) is 47.9 Å². The molecule has 4 heteroatoms. The summed E-state index contributed by atoms with van der Waals surface area (Å²) < 4.78 is 10.3. The summed E-state index contributed by atoms with van der Waals surface area (Å²) in [4.78, 5) is 13.3. The Morgan fingerprint density at radius 1 is 1.26 bits per heavy atom. The van der Waals surface area contributed by atoms with Crippen LogP contribution in [0.25, 0.3) is 0 Å². The van der Waals surface area contributed by atoms with E-state index >= 15 is 0 Å². The molecule has 0 saturated heterocycles. The van der Waals surface area contributed by atoms with Crippen molar-refractivity contribution in [1.82, 2.24) is 0 Å². The van der Waals surface area contributed by atoms with Crippen molar-refractivity contribution >= 4 is 17.5 Å². The maximum atomic E-state index is 12.3. The summed E-state index contributed by atoms with van der Waals surface area (Å²) in [6.45, 7) is 3.80. The quantitative estimate of drug-likeness (QED) is 0.612. The Morgan fingerprint density at radius 3 is 2.47 bits per heavy atom. The number of furan rings is 1. The van der Waals surface area contributed by atoms with Gasteiger partial charge >= 0.3 is 0 Å². The highest BCUT2D eigenvalue weighted by molar-refractivity contribution is 8.00. The van der Waals surface area contributed by atoms with E-state index in [0.717, 1.165) is 16.4 Å². The molecule has 0 fully saturated rings. The Labute approximate surface area is 117 Å². The van der Waals surface area contributed by atoms with Crippen LogP contribution in [0.3, 0.4) is 0 Å². The fourth-order valence-corrected chi connectivity index (χ4v) is 2.70. The van der Waals surface area contributed by atoms with Gasteiger partial charge in [-0.2, -0.15) is 0 Å². The third-order valence-corrected chi connectivity index (χ3v) is 4.10. The minimum Gasteiger partial charge on any atom is -0.497 e. The Morgan fingerprint density at radius 2 is 1.95 bits per heavy atom. The van der Waals surface area contributed by atoms with E-state index in [1.54, 1.807) is 37.6 Å². The number of methoxy groups -OCH3 is 1. The van der Waals surface area contributed by atoms with Crippen molar-refractivity contribution in [2.24, 2.45) is 0 Å². The third-order valence-electron chi connectivity index (χ3n) is 2.86. The molecule has 1 atom stereocenters. The number of carbonyl (C=O) groups is 1. The van der Waals surface area contributed by atoms with Gasteiger partial charge in [0.05, 0.1) is 18.6 Å². The number of carbonyl (C=O) groups excluding carboxylic acids is 1. The van der Waals surface area contributed by atoms with Crippen molar-refractivity contribution in [1.29, 1.82) is 0 Å². The van der Waals surface area contributed by atoms with Crippen LogP contribution < -0.4 is 4.74 Å². The van der Waals surface area contributed by atoms with Gasteiger partial charge in [-0.25, -0.2) is 0 Å². The fourth-order valence-electron chi connectivity index (χ4n) is 1.73. The van der Waals surface area contributed by atoms with E-state index in [0.29, 0.717) is 5.56 Å². The van der Waals surface area contributed by atoms with Crippen LogP contribution >= 0.6 is 11.8 Å². The molecule has 1 aromatic carbocycles. The van der Waals surface area contributed by atoms with Gasteiger partial charge in [-0.15, -0.1) is 11.8 Å². The summed E-state index contributed by atoms with van der Waals surface area (Å²) in [5, 5.41) is -0.148. The van der Waals surface area contributed by atoms with Crippen LogP contribution in [0.15, 0.2) is 45.9 Å². The van der Waals surface area contributed by atoms with Gasteiger partial charge < -0.3 is 9.15 Å². The maximum absolute atomic E-state index is 12.3. The molecule has 1 aromatic heterocycles. The first-order valence-electron chi connectivity index (χ1n) is 6.01. The van der Waals surface area contributed by atoms with Gasteiger partial charge in [0.2, 0.25) is 0 Å². The van der Waals surface area contributed by atoms with Crippen molar-refractivity contribution in [2.45, 2.75) is 24.0 Å². The van der Waals surface area contributed by atoms with E-state index in [-0.39, 0.29) is 11.0 Å². The van der Waals surface area contributed by atoms with Crippen LogP contribution in [0, 0.1) is 6.92 Å². The summed E-state index contributed by atoms with van der Waals surface area (Å²) in [5.74, 6) is 1.70. The number of Topliss-reactive ketones (excluding diaryl/α,β-unsaturated/α-hetero) is 1. The van der Waals surface area contributed by atoms with Crippen LogP contribution in [0.4, 0.5) is 0 Å². The largest absolute Gasteiger partial charge is 0.497 e. The van der Waals surface area contributed by atoms with E-state index in [1.165, 1.54) is 11.8 Å². The first-order chi connectivity index (χ1) is 9.11. The smallest absolute Gasteiger partial charge is 0.175 e. The molecule has 0 aliphatic rings. The van der Waals surface area contributed by atoms with Gasteiger partial charge in [-0.1, -0.05) is 0 Å². The number of ketones is 1. The average Bonchev–Trinajstić information content (AvgIpc) is 2.83. The molecule has 0 radical (unpaired) electrons. The molecule has 2 rings (SSSR count). The highest BCUT2D eigenvalue weighted by Crippen LogP contribution is 2.29. The van der Waals surface area contributed by atoms with E-state index < -0.39 is 0 Å². The lowest BCUT2D eigenvalue weighted by atomic mass is 10.1. The van der Waals surface area contributed by atoms with Crippen molar-refractivity contribution in [3.8, 4) is 5.75 Å². The Kier molecular flexibility index (Phi) is 4.32. The molecule has 0 amide bonds. The summed E-state index contributed by atoms with van der Waals surface area (Å²) in [6.07, 6.45) is 1.64. The van der Waals surface area contributed by atoms with Crippen molar-refractivity contribution in [3.63, 3.8) is 0 Å². The van der Waals surface area contributed by atoms with E-state index in [2.05, 4.69) is 0 Å². The van der Waals surface area contributed by atoms with E-state index in [9.17, 15) is 4.79 Å². The lowest BCUT2D eigenvalue weighted by Gasteiger charge is -2.10. The monoisotopic (exact) mass is 276 g/mol. The number of rotatable bonds is 5. The Bertz CT molecular complexity index is 557. The molecular weight excluding hydrogens is 260 g/mol. The van der Waals surface area contributed by atoms with E-state index in [1.807, 2.05) is 19.9 Å². The lowest BCUT2D eigenvalue weighted by Crippen LogP contribution is -2.13. The Hall–Kier alpha value is -1.68. The minimum absolute atomic E-state index is 0.105. The van der Waals surface area contributed by atoms with Crippen LogP contribution in [-0.4, -0.2) is 18.1 Å². The second-order valence-electron chi connectivity index (χ2n) is 4.19. The molecule has 0 N–H and O–H groups in total. The van der Waals surface area contributed by atoms with Crippen molar-refractivity contribution in [2.75, 3.05) is 7.11 Å². The van der Waals surface area contributed by atoms with Crippen LogP contribution in [0.5, 0.6) is 5.75 Å². The molecule has 0 aliphatic heterocycles. The van der Waals surface area contributed by atoms with Crippen LogP contribution in [0.1, 0.15) is 23.0 Å². The summed E-state index contributed by atoms with van der Waals surface area (Å²) >= 11 is 1.52. The number of hydrogen-bond acceptors (Lipinski definition) is 4. The summed E-state index contributed by atoms with van der Waals surface area (Å²) in [5.41, 5.74) is 0.696. The van der Waals surface area contributed by atoms with Gasteiger partial charge in [0.25, 0.3) is 0 Å². The molecule has 3 nitrogen and oxygen atoms in total. The molecular formula is C15H16O3S. The number of aryl methyl sites for hydroxylation is 1. The van der Waals surface area contributed by atoms with Crippen molar-refractivity contribution < 1.29 is 13.9 Å². The highest BCUT2D eigenvalue weighted by atomic mass is 32.2. The molecule has 0 aliphatic carbocycles. The average molecular weight is 276 g/mol. The molecule has 0 spiro atoms. The summed E-state index contributed by atoms with van der Waals surface area (Å²) in [6, 6.07) is 9.07. The van der Waals surface area contributed by atoms with Gasteiger partial charge in [-0.3, -0.25) is 4.79 Å². The predicted molar refractivity (Wildman–Crippen MR) is 76.1 cm³/mol. The predicted octanol–water partition coefficient (Wildman–Crippen LogP) is 3.96. The zero-order valence-corrected chi connectivity index (χ0v) is 12.0. The standard InChI is InChI=1S/C15H16O3S/c1-10-14(8-9-18-10)19-11(2)15(16)12-4-6-13(17-3)7-5-12/h4-9,11H,1-3H3. The molecule has 100 valence electrons. The molecule has 2 aromatic rings. The van der Waals surface area contributed by atoms with Gasteiger partial charge in [-0.05, 0) is 44.2 Å². The highest BCUT2D eigenvalue weighted by Gasteiger charge is 2.18. The van der Waals surface area contributed by atoms with E-state index in [4.69, 9.17) is 9.15 Å². The van der Waals surface area contributed by atoms with Gasteiger partial charge in [0.1, 0.15) is 11.5 Å². The fraction of sp³-hybridized carbons (Fsp3) is 0.267. The number of ether oxygens (including phenoxy) is 1. The van der Waals surface area contributed by atoms with Gasteiger partial charge in [0.15, 0.2) is 5.78 Å².